The molecule has 0 aliphatic heterocycles. The summed E-state index contributed by atoms with van der Waals surface area (Å²) in [7, 11) is 0. The molecule has 7 nitrogen and oxygen atoms in total. The number of nitrogens with one attached hydrogen (secondary N) is 1. The van der Waals surface area contributed by atoms with Crippen molar-refractivity contribution in [1.82, 2.24) is 9.55 Å². The number of phenols is 1. The highest BCUT2D eigenvalue weighted by Gasteiger charge is 2.41. The van der Waals surface area contributed by atoms with Gasteiger partial charge in [0.2, 0.25) is 0 Å². The standard InChI is InChI=1S/C16H11ClF3N3O4/c17-8-4-11(12(24)5-13(8)27-14(25)16(18,19)20)23-10-3-7(6-21)1-2-9(10)22-15(23)26/h1-5,24H,6,21H2,(H,22,26). The van der Waals surface area contributed by atoms with Gasteiger partial charge in [0.25, 0.3) is 0 Å². The zero-order valence-corrected chi connectivity index (χ0v) is 14.1. The molecule has 0 saturated carbocycles. The van der Waals surface area contributed by atoms with Crippen molar-refractivity contribution in [2.24, 2.45) is 5.73 Å². The lowest BCUT2D eigenvalue weighted by Gasteiger charge is -2.12. The quantitative estimate of drug-likeness (QED) is 0.461. The van der Waals surface area contributed by atoms with E-state index in [1.807, 2.05) is 0 Å². The van der Waals surface area contributed by atoms with Gasteiger partial charge in [-0.15, -0.1) is 0 Å². The number of hydrogen-bond donors (Lipinski definition) is 3. The van der Waals surface area contributed by atoms with Crippen LogP contribution in [0.3, 0.4) is 0 Å². The molecule has 0 aliphatic rings. The molecule has 0 bridgehead atoms. The number of nitrogens with two attached hydrogens (primary N) is 1. The first-order valence-electron chi connectivity index (χ1n) is 7.37. The van der Waals surface area contributed by atoms with Crippen LogP contribution in [0.25, 0.3) is 16.7 Å². The molecule has 0 fully saturated rings. The number of halogens is 4. The molecule has 0 unspecified atom stereocenters. The van der Waals surface area contributed by atoms with Crippen LogP contribution in [-0.4, -0.2) is 26.8 Å². The zero-order chi connectivity index (χ0) is 19.9. The molecular formula is C16H11ClF3N3O4. The van der Waals surface area contributed by atoms with Crippen molar-refractivity contribution in [2.75, 3.05) is 0 Å². The molecule has 3 aromatic rings. The number of aromatic amines is 1. The first kappa shape index (κ1) is 18.8. The highest BCUT2D eigenvalue weighted by molar-refractivity contribution is 6.32. The van der Waals surface area contributed by atoms with Crippen LogP contribution in [0, 0.1) is 0 Å². The minimum Gasteiger partial charge on any atom is -0.506 e. The SMILES string of the molecule is NCc1ccc2[nH]c(=O)n(-c3cc(Cl)c(OC(=O)C(F)(F)F)cc3O)c2c1. The second-order valence-corrected chi connectivity index (χ2v) is 5.89. The second-order valence-electron chi connectivity index (χ2n) is 5.48. The molecular weight excluding hydrogens is 391 g/mol. The van der Waals surface area contributed by atoms with Gasteiger partial charge < -0.3 is 20.6 Å². The van der Waals surface area contributed by atoms with E-state index < -0.39 is 34.4 Å². The Labute approximate surface area is 153 Å². The van der Waals surface area contributed by atoms with Gasteiger partial charge in [-0.3, -0.25) is 4.57 Å². The van der Waals surface area contributed by atoms with Crippen LogP contribution in [0.2, 0.25) is 5.02 Å². The van der Waals surface area contributed by atoms with Crippen LogP contribution in [-0.2, 0) is 11.3 Å². The number of carbonyl (C=O) groups is 1. The summed E-state index contributed by atoms with van der Waals surface area (Å²) in [5, 5.41) is 9.78. The van der Waals surface area contributed by atoms with Crippen molar-refractivity contribution >= 4 is 28.6 Å². The van der Waals surface area contributed by atoms with Gasteiger partial charge in [-0.2, -0.15) is 13.2 Å². The smallest absolute Gasteiger partial charge is 0.491 e. The number of nitrogens with zero attached hydrogens (tertiary/aromatic N) is 1. The number of fused-ring (bicyclic) bond motifs is 1. The summed E-state index contributed by atoms with van der Waals surface area (Å²) in [5.41, 5.74) is 6.37. The van der Waals surface area contributed by atoms with E-state index in [0.29, 0.717) is 16.6 Å². The van der Waals surface area contributed by atoms with Crippen LogP contribution in [0.4, 0.5) is 13.2 Å². The molecule has 4 N–H and O–H groups in total. The topological polar surface area (TPSA) is 110 Å². The maximum Gasteiger partial charge on any atom is 0.491 e. The number of aromatic nitrogens is 2. The van der Waals surface area contributed by atoms with Crippen molar-refractivity contribution in [2.45, 2.75) is 12.7 Å². The van der Waals surface area contributed by atoms with E-state index in [4.69, 9.17) is 17.3 Å². The van der Waals surface area contributed by atoms with Crippen LogP contribution < -0.4 is 16.2 Å². The second kappa shape index (κ2) is 6.63. The lowest BCUT2D eigenvalue weighted by molar-refractivity contribution is -0.189. The minimum atomic E-state index is -5.23. The Morgan fingerprint density at radius 1 is 1.30 bits per heavy atom. The molecule has 3 rings (SSSR count). The van der Waals surface area contributed by atoms with Crippen LogP contribution in [0.1, 0.15) is 5.56 Å². The molecule has 0 radical (unpaired) electrons. The van der Waals surface area contributed by atoms with Gasteiger partial charge in [0.1, 0.15) is 5.75 Å². The lowest BCUT2D eigenvalue weighted by atomic mass is 10.2. The third kappa shape index (κ3) is 3.49. The van der Waals surface area contributed by atoms with Crippen molar-refractivity contribution in [1.29, 1.82) is 0 Å². The molecule has 1 aromatic heterocycles. The molecule has 0 spiro atoms. The largest absolute Gasteiger partial charge is 0.506 e. The predicted octanol–water partition coefficient (Wildman–Crippen LogP) is 2.60. The summed E-state index contributed by atoms with van der Waals surface area (Å²) in [6, 6.07) is 6.67. The third-order valence-corrected chi connectivity index (χ3v) is 3.98. The molecule has 11 heteroatoms. The van der Waals surface area contributed by atoms with E-state index >= 15 is 0 Å². The summed E-state index contributed by atoms with van der Waals surface area (Å²) < 4.78 is 42.2. The summed E-state index contributed by atoms with van der Waals surface area (Å²) in [6.45, 7) is 0.203. The maximum atomic E-state index is 12.3. The number of carbonyl (C=O) groups excluding carboxylic acids is 1. The van der Waals surface area contributed by atoms with Gasteiger partial charge in [-0.05, 0) is 23.8 Å². The Morgan fingerprint density at radius 3 is 2.63 bits per heavy atom. The monoisotopic (exact) mass is 401 g/mol. The van der Waals surface area contributed by atoms with E-state index in [1.165, 1.54) is 0 Å². The van der Waals surface area contributed by atoms with Gasteiger partial charge in [-0.25, -0.2) is 9.59 Å². The molecule has 0 saturated heterocycles. The average Bonchev–Trinajstić information content (AvgIpc) is 2.91. The number of hydrogen-bond acceptors (Lipinski definition) is 5. The Balaban J connectivity index is 2.13. The van der Waals surface area contributed by atoms with Gasteiger partial charge >= 0.3 is 17.8 Å². The van der Waals surface area contributed by atoms with E-state index in [1.54, 1.807) is 18.2 Å². The number of phenolic OH excluding ortho intramolecular Hbond substituents is 1. The molecule has 0 amide bonds. The Bertz CT molecular complexity index is 1100. The van der Waals surface area contributed by atoms with Gasteiger partial charge in [-0.1, -0.05) is 17.7 Å². The first-order valence-corrected chi connectivity index (χ1v) is 7.75. The summed E-state index contributed by atoms with van der Waals surface area (Å²) in [6.07, 6.45) is -5.23. The van der Waals surface area contributed by atoms with Crippen LogP contribution in [0.5, 0.6) is 11.5 Å². The Hall–Kier alpha value is -2.98. The average molecular weight is 402 g/mol. The number of aromatic hydroxyl groups is 1. The normalized spacial score (nSPS) is 11.7. The lowest BCUT2D eigenvalue weighted by Crippen LogP contribution is -2.28. The minimum absolute atomic E-state index is 0.114. The van der Waals surface area contributed by atoms with Crippen molar-refractivity contribution in [3.63, 3.8) is 0 Å². The Morgan fingerprint density at radius 2 is 2.00 bits per heavy atom. The van der Waals surface area contributed by atoms with Gasteiger partial charge in [0.05, 0.1) is 21.7 Å². The molecule has 0 atom stereocenters. The van der Waals surface area contributed by atoms with E-state index in [2.05, 4.69) is 9.72 Å². The van der Waals surface area contributed by atoms with Crippen molar-refractivity contribution in [3.8, 4) is 17.2 Å². The Kier molecular flexibility index (Phi) is 4.62. The molecule has 27 heavy (non-hydrogen) atoms. The highest BCUT2D eigenvalue weighted by atomic mass is 35.5. The fraction of sp³-hybridized carbons (Fsp3) is 0.125. The number of H-pyrrole nitrogens is 1. The summed E-state index contributed by atoms with van der Waals surface area (Å²) in [5.74, 6) is -3.81. The maximum absolute atomic E-state index is 12.3. The van der Waals surface area contributed by atoms with Gasteiger partial charge in [0.15, 0.2) is 5.75 Å². The fourth-order valence-electron chi connectivity index (χ4n) is 2.46. The molecule has 142 valence electrons. The predicted molar refractivity (Wildman–Crippen MR) is 90.2 cm³/mol. The number of ether oxygens (including phenoxy) is 1. The van der Waals surface area contributed by atoms with Crippen LogP contribution in [0.15, 0.2) is 35.1 Å². The van der Waals surface area contributed by atoms with E-state index in [-0.39, 0.29) is 12.2 Å². The highest BCUT2D eigenvalue weighted by Crippen LogP contribution is 2.36. The van der Waals surface area contributed by atoms with Gasteiger partial charge in [0, 0.05) is 12.6 Å². The number of alkyl halides is 3. The molecule has 2 aromatic carbocycles. The van der Waals surface area contributed by atoms with E-state index in [9.17, 15) is 27.9 Å². The first-order chi connectivity index (χ1) is 12.6. The summed E-state index contributed by atoms with van der Waals surface area (Å²) in [4.78, 5) is 25.8. The zero-order valence-electron chi connectivity index (χ0n) is 13.3. The summed E-state index contributed by atoms with van der Waals surface area (Å²) >= 11 is 5.87. The number of esters is 1. The van der Waals surface area contributed by atoms with Crippen molar-refractivity contribution < 1.29 is 27.8 Å². The number of benzene rings is 2. The van der Waals surface area contributed by atoms with E-state index in [0.717, 1.165) is 16.7 Å². The molecule has 1 heterocycles. The fourth-order valence-corrected chi connectivity index (χ4v) is 2.66. The molecule has 0 aliphatic carbocycles. The number of imidazole rings is 1. The third-order valence-electron chi connectivity index (χ3n) is 3.69. The number of rotatable bonds is 3. The van der Waals surface area contributed by atoms with Crippen molar-refractivity contribution in [3.05, 3.63) is 51.4 Å². The van der Waals surface area contributed by atoms with Crippen LogP contribution >= 0.6 is 11.6 Å².